The third-order valence-corrected chi connectivity index (χ3v) is 4.77. The molecule has 0 bridgehead atoms. The number of oxime groups is 1. The van der Waals surface area contributed by atoms with Crippen LogP contribution >= 0.6 is 23.1 Å². The van der Waals surface area contributed by atoms with Gasteiger partial charge in [-0.05, 0) is 31.1 Å². The summed E-state index contributed by atoms with van der Waals surface area (Å²) in [6, 6.07) is 2.22. The van der Waals surface area contributed by atoms with Gasteiger partial charge in [0.15, 0.2) is 0 Å². The molecule has 0 aromatic carbocycles. The Kier molecular flexibility index (Phi) is 2.98. The van der Waals surface area contributed by atoms with Crippen LogP contribution in [0, 0.1) is 11.3 Å². The molecule has 0 unspecified atom stereocenters. The maximum Gasteiger partial charge on any atom is 0.110 e. The molecule has 5 heteroatoms. The largest absolute Gasteiger partial charge is 0.411 e. The predicted octanol–water partition coefficient (Wildman–Crippen LogP) is 2.86. The molecule has 1 aromatic rings. The third kappa shape index (κ3) is 1.64. The fraction of sp³-hybridized carbons (Fsp3) is 0.400. The van der Waals surface area contributed by atoms with Crippen LogP contribution in [-0.4, -0.2) is 17.2 Å². The number of fused-ring (bicyclic) bond motifs is 1. The molecule has 1 aliphatic carbocycles. The van der Waals surface area contributed by atoms with Gasteiger partial charge >= 0.3 is 0 Å². The Morgan fingerprint density at radius 2 is 2.33 bits per heavy atom. The fourth-order valence-corrected chi connectivity index (χ4v) is 3.79. The minimum atomic E-state index is 0.735. The van der Waals surface area contributed by atoms with E-state index in [1.165, 1.54) is 11.3 Å². The molecule has 0 radical (unpaired) electrons. The molecule has 0 saturated carbocycles. The summed E-state index contributed by atoms with van der Waals surface area (Å²) in [5, 5.41) is 21.3. The lowest BCUT2D eigenvalue weighted by Crippen LogP contribution is -2.11. The van der Waals surface area contributed by atoms with Gasteiger partial charge in [-0.3, -0.25) is 0 Å². The van der Waals surface area contributed by atoms with Gasteiger partial charge in [-0.15, -0.1) is 23.1 Å². The minimum absolute atomic E-state index is 0.735. The number of thioether (sulfide) groups is 1. The second-order valence-corrected chi connectivity index (χ2v) is 5.38. The first-order valence-electron chi connectivity index (χ1n) is 4.62. The number of hydrogen-bond acceptors (Lipinski definition) is 5. The highest BCUT2D eigenvalue weighted by Crippen LogP contribution is 2.39. The maximum atomic E-state index is 9.01. The zero-order chi connectivity index (χ0) is 10.8. The number of nitriles is 1. The smallest absolute Gasteiger partial charge is 0.110 e. The summed E-state index contributed by atoms with van der Waals surface area (Å²) in [4.78, 5) is 0.773. The molecule has 1 aliphatic rings. The molecule has 0 amide bonds. The van der Waals surface area contributed by atoms with Crippen LogP contribution < -0.4 is 0 Å². The molecule has 0 aliphatic heterocycles. The Hall–Kier alpha value is -0.990. The summed E-state index contributed by atoms with van der Waals surface area (Å²) in [6.07, 6.45) is 4.68. The van der Waals surface area contributed by atoms with Crippen LogP contribution in [0.15, 0.2) is 9.36 Å². The molecule has 2 rings (SSSR count). The number of thiophene rings is 1. The van der Waals surface area contributed by atoms with E-state index in [1.54, 1.807) is 11.8 Å². The van der Waals surface area contributed by atoms with Crippen molar-refractivity contribution < 1.29 is 5.21 Å². The van der Waals surface area contributed by atoms with Crippen LogP contribution in [-0.2, 0) is 6.42 Å². The molecule has 15 heavy (non-hydrogen) atoms. The number of hydrogen-bond donors (Lipinski definition) is 1. The molecule has 0 spiro atoms. The van der Waals surface area contributed by atoms with E-state index in [0.717, 1.165) is 45.2 Å². The van der Waals surface area contributed by atoms with Crippen LogP contribution in [0.4, 0.5) is 0 Å². The summed E-state index contributed by atoms with van der Waals surface area (Å²) >= 11 is 3.12. The van der Waals surface area contributed by atoms with Crippen LogP contribution in [0.5, 0.6) is 0 Å². The van der Waals surface area contributed by atoms with Crippen molar-refractivity contribution in [1.82, 2.24) is 0 Å². The Bertz CT molecular complexity index is 457. The van der Waals surface area contributed by atoms with E-state index < -0.39 is 0 Å². The first-order valence-corrected chi connectivity index (χ1v) is 6.67. The lowest BCUT2D eigenvalue weighted by atomic mass is 9.92. The molecule has 1 N–H and O–H groups in total. The molecule has 0 atom stereocenters. The van der Waals surface area contributed by atoms with E-state index in [1.807, 2.05) is 6.26 Å². The summed E-state index contributed by atoms with van der Waals surface area (Å²) in [7, 11) is 0. The highest BCUT2D eigenvalue weighted by atomic mass is 32.2. The van der Waals surface area contributed by atoms with E-state index in [2.05, 4.69) is 11.2 Å². The monoisotopic (exact) mass is 238 g/mol. The van der Waals surface area contributed by atoms with Gasteiger partial charge < -0.3 is 5.21 Å². The van der Waals surface area contributed by atoms with E-state index in [9.17, 15) is 0 Å². The van der Waals surface area contributed by atoms with Crippen molar-refractivity contribution in [1.29, 1.82) is 5.26 Å². The van der Waals surface area contributed by atoms with Gasteiger partial charge in [-0.25, -0.2) is 0 Å². The SMILES string of the molecule is CSc1sc(C#N)c2c1C(=NO)CCC2. The van der Waals surface area contributed by atoms with Crippen LogP contribution in [0.1, 0.15) is 28.8 Å². The zero-order valence-electron chi connectivity index (χ0n) is 8.28. The van der Waals surface area contributed by atoms with Gasteiger partial charge in [0.2, 0.25) is 0 Å². The second kappa shape index (κ2) is 4.25. The van der Waals surface area contributed by atoms with Gasteiger partial charge in [-0.1, -0.05) is 5.16 Å². The van der Waals surface area contributed by atoms with E-state index in [0.29, 0.717) is 0 Å². The quantitative estimate of drug-likeness (QED) is 0.465. The topological polar surface area (TPSA) is 56.4 Å². The Balaban J connectivity index is 2.64. The molecule has 78 valence electrons. The first kappa shape index (κ1) is 10.5. The molecule has 1 aromatic heterocycles. The lowest BCUT2D eigenvalue weighted by Gasteiger charge is -2.13. The molecule has 1 heterocycles. The van der Waals surface area contributed by atoms with E-state index in [-0.39, 0.29) is 0 Å². The van der Waals surface area contributed by atoms with Crippen molar-refractivity contribution in [2.45, 2.75) is 23.5 Å². The van der Waals surface area contributed by atoms with Crippen molar-refractivity contribution in [3.63, 3.8) is 0 Å². The van der Waals surface area contributed by atoms with E-state index >= 15 is 0 Å². The predicted molar refractivity (Wildman–Crippen MR) is 62.1 cm³/mol. The molecule has 3 nitrogen and oxygen atoms in total. The molecule has 0 fully saturated rings. The van der Waals surface area contributed by atoms with E-state index in [4.69, 9.17) is 10.5 Å². The normalized spacial score (nSPS) is 17.5. The van der Waals surface area contributed by atoms with Gasteiger partial charge in [0.05, 0.1) is 9.92 Å². The number of rotatable bonds is 1. The summed E-state index contributed by atoms with van der Waals surface area (Å²) in [5.41, 5.74) is 2.82. The van der Waals surface area contributed by atoms with Crippen LogP contribution in [0.3, 0.4) is 0 Å². The van der Waals surface area contributed by atoms with Crippen molar-refractivity contribution in [3.05, 3.63) is 16.0 Å². The molecular weight excluding hydrogens is 228 g/mol. The standard InChI is InChI=1S/C10H10N2OS2/c1-14-10-9-6(8(5-11)15-10)3-2-4-7(9)12-13/h13H,2-4H2,1H3. The van der Waals surface area contributed by atoms with Crippen molar-refractivity contribution >= 4 is 28.8 Å². The summed E-state index contributed by atoms with van der Waals surface area (Å²) < 4.78 is 1.09. The van der Waals surface area contributed by atoms with Crippen LogP contribution in [0.2, 0.25) is 0 Å². The lowest BCUT2D eigenvalue weighted by molar-refractivity contribution is 0.317. The minimum Gasteiger partial charge on any atom is -0.411 e. The van der Waals surface area contributed by atoms with Gasteiger partial charge in [0.1, 0.15) is 10.9 Å². The highest BCUT2D eigenvalue weighted by molar-refractivity contribution is 8.00. The number of nitrogens with zero attached hydrogens (tertiary/aromatic N) is 2. The third-order valence-electron chi connectivity index (χ3n) is 2.51. The Labute approximate surface area is 96.4 Å². The summed E-state index contributed by atoms with van der Waals surface area (Å²) in [6.45, 7) is 0. The van der Waals surface area contributed by atoms with Gasteiger partial charge in [0.25, 0.3) is 0 Å². The van der Waals surface area contributed by atoms with Crippen molar-refractivity contribution in [2.24, 2.45) is 5.16 Å². The van der Waals surface area contributed by atoms with Gasteiger partial charge in [0, 0.05) is 5.56 Å². The maximum absolute atomic E-state index is 9.01. The Morgan fingerprint density at radius 1 is 1.53 bits per heavy atom. The molecular formula is C10H10N2OS2. The first-order chi connectivity index (χ1) is 7.31. The highest BCUT2D eigenvalue weighted by Gasteiger charge is 2.25. The Morgan fingerprint density at radius 3 is 2.93 bits per heavy atom. The average Bonchev–Trinajstić information content (AvgIpc) is 2.66. The average molecular weight is 238 g/mol. The molecule has 0 saturated heterocycles. The summed E-state index contributed by atoms with van der Waals surface area (Å²) in [5.74, 6) is 0. The second-order valence-electron chi connectivity index (χ2n) is 3.29. The van der Waals surface area contributed by atoms with Crippen molar-refractivity contribution in [3.8, 4) is 6.07 Å². The zero-order valence-corrected chi connectivity index (χ0v) is 9.91. The van der Waals surface area contributed by atoms with Gasteiger partial charge in [-0.2, -0.15) is 5.26 Å². The van der Waals surface area contributed by atoms with Crippen molar-refractivity contribution in [2.75, 3.05) is 6.26 Å². The fourth-order valence-electron chi connectivity index (χ4n) is 1.86. The van der Waals surface area contributed by atoms with Crippen LogP contribution in [0.25, 0.3) is 0 Å².